The van der Waals surface area contributed by atoms with Gasteiger partial charge in [0.2, 0.25) is 0 Å². The maximum absolute atomic E-state index is 13.6. The molecule has 0 atom stereocenters. The second-order valence-electron chi connectivity index (χ2n) is 5.17. The van der Waals surface area contributed by atoms with Crippen LogP contribution in [0.4, 0.5) is 10.1 Å². The van der Waals surface area contributed by atoms with Crippen LogP contribution in [0.3, 0.4) is 0 Å². The fourth-order valence-corrected chi connectivity index (χ4v) is 2.11. The minimum atomic E-state index is -0.914. The van der Waals surface area contributed by atoms with Gasteiger partial charge in [-0.15, -0.1) is 0 Å². The summed E-state index contributed by atoms with van der Waals surface area (Å²) in [4.78, 5) is 12.8. The maximum Gasteiger partial charge on any atom is 0.323 e. The first-order valence-electron chi connectivity index (χ1n) is 6.74. The minimum absolute atomic E-state index is 0.126. The van der Waals surface area contributed by atoms with E-state index in [1.807, 2.05) is 37.3 Å². The Morgan fingerprint density at radius 3 is 2.38 bits per heavy atom. The van der Waals surface area contributed by atoms with Crippen molar-refractivity contribution in [2.75, 3.05) is 11.4 Å². The lowest BCUT2D eigenvalue weighted by molar-refractivity contribution is -0.135. The quantitative estimate of drug-likeness (QED) is 0.914. The molecule has 0 bridgehead atoms. The van der Waals surface area contributed by atoms with E-state index in [-0.39, 0.29) is 12.4 Å². The molecule has 3 nitrogen and oxygen atoms in total. The van der Waals surface area contributed by atoms with Gasteiger partial charge in [0.15, 0.2) is 0 Å². The van der Waals surface area contributed by atoms with Gasteiger partial charge in [-0.3, -0.25) is 4.79 Å². The number of hydrogen-bond acceptors (Lipinski definition) is 2. The van der Waals surface area contributed by atoms with Crippen LogP contribution in [0.1, 0.15) is 16.7 Å². The summed E-state index contributed by atoms with van der Waals surface area (Å²) in [5, 5.41) is 9.06. The molecule has 2 aromatic carbocycles. The summed E-state index contributed by atoms with van der Waals surface area (Å²) < 4.78 is 13.6. The molecule has 0 fully saturated rings. The lowest BCUT2D eigenvalue weighted by Gasteiger charge is -2.23. The smallest absolute Gasteiger partial charge is 0.323 e. The van der Waals surface area contributed by atoms with Gasteiger partial charge in [-0.1, -0.05) is 29.8 Å². The van der Waals surface area contributed by atoms with Crippen LogP contribution in [0, 0.1) is 19.7 Å². The summed E-state index contributed by atoms with van der Waals surface area (Å²) in [5.74, 6) is -1.19. The Bertz CT molecular complexity index is 638. The van der Waals surface area contributed by atoms with Crippen molar-refractivity contribution in [3.05, 3.63) is 65.0 Å². The second-order valence-corrected chi connectivity index (χ2v) is 5.17. The third-order valence-electron chi connectivity index (χ3n) is 3.33. The average Bonchev–Trinajstić information content (AvgIpc) is 2.42. The Morgan fingerprint density at radius 1 is 1.14 bits per heavy atom. The number of nitrogens with zero attached hydrogens (tertiary/aromatic N) is 1. The van der Waals surface area contributed by atoms with E-state index in [1.165, 1.54) is 6.07 Å². The summed E-state index contributed by atoms with van der Waals surface area (Å²) in [7, 11) is 0. The number of anilines is 1. The summed E-state index contributed by atoms with van der Waals surface area (Å²) in [5.41, 5.74) is 3.25. The van der Waals surface area contributed by atoms with E-state index in [2.05, 4.69) is 0 Å². The predicted octanol–water partition coefficient (Wildman–Crippen LogP) is 3.53. The zero-order valence-electron chi connectivity index (χ0n) is 12.1. The molecule has 0 heterocycles. The van der Waals surface area contributed by atoms with Gasteiger partial charge in [0.05, 0.1) is 0 Å². The molecule has 0 saturated carbocycles. The number of benzene rings is 2. The minimum Gasteiger partial charge on any atom is -0.480 e. The number of halogens is 1. The van der Waals surface area contributed by atoms with Crippen molar-refractivity contribution in [1.82, 2.24) is 0 Å². The van der Waals surface area contributed by atoms with Gasteiger partial charge in [-0.25, -0.2) is 4.39 Å². The number of aryl methyl sites for hydroxylation is 2. The van der Waals surface area contributed by atoms with Gasteiger partial charge in [-0.2, -0.15) is 0 Å². The molecule has 1 N–H and O–H groups in total. The Hall–Kier alpha value is -2.36. The van der Waals surface area contributed by atoms with Gasteiger partial charge >= 0.3 is 5.97 Å². The first kappa shape index (κ1) is 15.0. The standard InChI is InChI=1S/C17H18FNO2/c1-12-3-7-15(8-4-12)19(11-17(20)21)10-14-6-5-13(2)16(18)9-14/h3-9H,10-11H2,1-2H3,(H,20,21). The van der Waals surface area contributed by atoms with Crippen LogP contribution in [0.2, 0.25) is 0 Å². The summed E-state index contributed by atoms with van der Waals surface area (Å²) in [6, 6.07) is 12.6. The summed E-state index contributed by atoms with van der Waals surface area (Å²) in [6.07, 6.45) is 0. The lowest BCUT2D eigenvalue weighted by Crippen LogP contribution is -2.29. The van der Waals surface area contributed by atoms with Crippen molar-refractivity contribution in [3.63, 3.8) is 0 Å². The highest BCUT2D eigenvalue weighted by Gasteiger charge is 2.12. The average molecular weight is 287 g/mol. The molecule has 4 heteroatoms. The summed E-state index contributed by atoms with van der Waals surface area (Å²) in [6.45, 7) is 3.90. The second kappa shape index (κ2) is 6.39. The van der Waals surface area contributed by atoms with Gasteiger partial charge in [-0.05, 0) is 43.2 Å². The van der Waals surface area contributed by atoms with Crippen LogP contribution in [0.25, 0.3) is 0 Å². The molecule has 0 spiro atoms. The largest absolute Gasteiger partial charge is 0.480 e. The Balaban J connectivity index is 2.25. The molecule has 0 aliphatic rings. The number of rotatable bonds is 5. The molecule has 2 rings (SSSR count). The molecule has 0 aliphatic heterocycles. The topological polar surface area (TPSA) is 40.5 Å². The fraction of sp³-hybridized carbons (Fsp3) is 0.235. The molecule has 2 aromatic rings. The zero-order chi connectivity index (χ0) is 15.4. The van der Waals surface area contributed by atoms with Crippen molar-refractivity contribution in [3.8, 4) is 0 Å². The van der Waals surface area contributed by atoms with Gasteiger partial charge < -0.3 is 10.0 Å². The highest BCUT2D eigenvalue weighted by Crippen LogP contribution is 2.19. The molecule has 0 saturated heterocycles. The number of hydrogen-bond donors (Lipinski definition) is 1. The first-order chi connectivity index (χ1) is 9.95. The maximum atomic E-state index is 13.6. The predicted molar refractivity (Wildman–Crippen MR) is 81.0 cm³/mol. The molecule has 110 valence electrons. The van der Waals surface area contributed by atoms with Crippen LogP contribution in [0.5, 0.6) is 0 Å². The van der Waals surface area contributed by atoms with Crippen LogP contribution in [-0.4, -0.2) is 17.6 Å². The van der Waals surface area contributed by atoms with Crippen LogP contribution < -0.4 is 4.90 Å². The van der Waals surface area contributed by atoms with Crippen molar-refractivity contribution >= 4 is 11.7 Å². The van der Waals surface area contributed by atoms with Crippen molar-refractivity contribution in [1.29, 1.82) is 0 Å². The SMILES string of the molecule is Cc1ccc(N(CC(=O)O)Cc2ccc(C)c(F)c2)cc1. The van der Waals surface area contributed by atoms with Crippen LogP contribution in [0.15, 0.2) is 42.5 Å². The van der Waals surface area contributed by atoms with Crippen molar-refractivity contribution in [2.45, 2.75) is 20.4 Å². The Morgan fingerprint density at radius 2 is 1.81 bits per heavy atom. The lowest BCUT2D eigenvalue weighted by atomic mass is 10.1. The molecule has 0 unspecified atom stereocenters. The van der Waals surface area contributed by atoms with Crippen LogP contribution >= 0.6 is 0 Å². The monoisotopic (exact) mass is 287 g/mol. The van der Waals surface area contributed by atoms with E-state index < -0.39 is 5.97 Å². The Kier molecular flexibility index (Phi) is 4.58. The third-order valence-corrected chi connectivity index (χ3v) is 3.33. The molecule has 0 radical (unpaired) electrons. The van der Waals surface area contributed by atoms with Crippen molar-refractivity contribution < 1.29 is 14.3 Å². The number of carbonyl (C=O) groups is 1. The number of aliphatic carboxylic acids is 1. The normalized spacial score (nSPS) is 10.4. The van der Waals surface area contributed by atoms with E-state index in [0.717, 1.165) is 16.8 Å². The van der Waals surface area contributed by atoms with Gasteiger partial charge in [0.1, 0.15) is 12.4 Å². The van der Waals surface area contributed by atoms with E-state index in [0.29, 0.717) is 12.1 Å². The first-order valence-corrected chi connectivity index (χ1v) is 6.74. The number of carboxylic acids is 1. The zero-order valence-corrected chi connectivity index (χ0v) is 12.1. The molecule has 0 aliphatic carbocycles. The highest BCUT2D eigenvalue weighted by atomic mass is 19.1. The molecule has 0 amide bonds. The molecular formula is C17H18FNO2. The summed E-state index contributed by atoms with van der Waals surface area (Å²) >= 11 is 0. The third kappa shape index (κ3) is 4.05. The Labute approximate surface area is 123 Å². The molecule has 0 aromatic heterocycles. The fourth-order valence-electron chi connectivity index (χ4n) is 2.11. The van der Waals surface area contributed by atoms with Gasteiger partial charge in [0.25, 0.3) is 0 Å². The molecular weight excluding hydrogens is 269 g/mol. The highest BCUT2D eigenvalue weighted by molar-refractivity contribution is 5.73. The van der Waals surface area contributed by atoms with Gasteiger partial charge in [0, 0.05) is 12.2 Å². The van der Waals surface area contributed by atoms with Crippen LogP contribution in [-0.2, 0) is 11.3 Å². The van der Waals surface area contributed by atoms with E-state index in [9.17, 15) is 9.18 Å². The van der Waals surface area contributed by atoms with E-state index in [1.54, 1.807) is 17.9 Å². The molecule has 21 heavy (non-hydrogen) atoms. The number of carboxylic acid groups (broad SMARTS) is 1. The van der Waals surface area contributed by atoms with E-state index >= 15 is 0 Å². The van der Waals surface area contributed by atoms with Crippen molar-refractivity contribution in [2.24, 2.45) is 0 Å². The van der Waals surface area contributed by atoms with E-state index in [4.69, 9.17) is 5.11 Å².